The predicted molar refractivity (Wildman–Crippen MR) is 101 cm³/mol. The molecule has 1 atom stereocenters. The normalized spacial score (nSPS) is 18.0. The van der Waals surface area contributed by atoms with E-state index in [2.05, 4.69) is 10.1 Å². The number of aromatic nitrogens is 3. The predicted octanol–water partition coefficient (Wildman–Crippen LogP) is 5.14. The number of piperidine rings is 1. The lowest BCUT2D eigenvalue weighted by molar-refractivity contribution is -0.142. The molecule has 28 heavy (non-hydrogen) atoms. The summed E-state index contributed by atoms with van der Waals surface area (Å²) >= 11 is 7.59. The van der Waals surface area contributed by atoms with E-state index in [0.717, 1.165) is 25.3 Å². The van der Waals surface area contributed by atoms with Crippen molar-refractivity contribution in [2.45, 2.75) is 38.4 Å². The van der Waals surface area contributed by atoms with E-state index in [-0.39, 0.29) is 28.1 Å². The molecule has 0 radical (unpaired) electrons. The van der Waals surface area contributed by atoms with Gasteiger partial charge in [0.05, 0.1) is 10.6 Å². The van der Waals surface area contributed by atoms with Crippen molar-refractivity contribution in [1.29, 1.82) is 0 Å². The van der Waals surface area contributed by atoms with E-state index in [1.54, 1.807) is 22.4 Å². The fourth-order valence-electron chi connectivity index (χ4n) is 3.42. The number of thiophene rings is 1. The third-order valence-electron chi connectivity index (χ3n) is 4.86. The number of carbonyl (C=O) groups excluding carboxylic acids is 1. The Morgan fingerprint density at radius 1 is 1.36 bits per heavy atom. The highest BCUT2D eigenvalue weighted by atomic mass is 35.5. The molecule has 0 bridgehead atoms. The second-order valence-electron chi connectivity index (χ2n) is 6.74. The minimum atomic E-state index is -4.68. The molecule has 0 aromatic carbocycles. The molecule has 0 spiro atoms. The Hall–Kier alpha value is -2.13. The zero-order valence-electron chi connectivity index (χ0n) is 14.8. The van der Waals surface area contributed by atoms with Crippen LogP contribution >= 0.6 is 22.9 Å². The number of nitrogens with zero attached hydrogens (tertiary/aromatic N) is 4. The Balaban J connectivity index is 1.88. The van der Waals surface area contributed by atoms with Gasteiger partial charge in [-0.15, -0.1) is 11.3 Å². The molecule has 148 valence electrons. The molecule has 4 heterocycles. The van der Waals surface area contributed by atoms with E-state index >= 15 is 0 Å². The molecule has 4 rings (SSSR count). The minimum absolute atomic E-state index is 0.0149. The molecule has 1 aliphatic rings. The molecular formula is C18H16ClF3N4OS. The topological polar surface area (TPSA) is 50.5 Å². The van der Waals surface area contributed by atoms with Crippen LogP contribution in [0.3, 0.4) is 0 Å². The highest BCUT2D eigenvalue weighted by molar-refractivity contribution is 7.13. The van der Waals surface area contributed by atoms with Crippen molar-refractivity contribution in [3.8, 4) is 10.6 Å². The number of carbonyl (C=O) groups is 1. The molecule has 3 aromatic heterocycles. The lowest BCUT2D eigenvalue weighted by atomic mass is 10.0. The van der Waals surface area contributed by atoms with Gasteiger partial charge in [0.15, 0.2) is 17.0 Å². The van der Waals surface area contributed by atoms with Crippen LogP contribution in [0.5, 0.6) is 0 Å². The summed E-state index contributed by atoms with van der Waals surface area (Å²) in [5, 5.41) is 5.51. The van der Waals surface area contributed by atoms with Gasteiger partial charge in [0.25, 0.3) is 5.91 Å². The average molecular weight is 429 g/mol. The van der Waals surface area contributed by atoms with Crippen molar-refractivity contribution in [2.24, 2.45) is 0 Å². The zero-order valence-corrected chi connectivity index (χ0v) is 16.4. The van der Waals surface area contributed by atoms with Crippen molar-refractivity contribution in [3.63, 3.8) is 0 Å². The first-order chi connectivity index (χ1) is 13.3. The molecule has 1 amide bonds. The van der Waals surface area contributed by atoms with Crippen molar-refractivity contribution in [2.75, 3.05) is 6.54 Å². The molecule has 0 unspecified atom stereocenters. The third-order valence-corrected chi connectivity index (χ3v) is 6.10. The molecular weight excluding hydrogens is 413 g/mol. The van der Waals surface area contributed by atoms with Crippen LogP contribution in [0.25, 0.3) is 16.2 Å². The quantitative estimate of drug-likeness (QED) is 0.567. The van der Waals surface area contributed by atoms with Gasteiger partial charge in [-0.1, -0.05) is 17.7 Å². The largest absolute Gasteiger partial charge is 0.433 e. The highest BCUT2D eigenvalue weighted by Gasteiger charge is 2.37. The van der Waals surface area contributed by atoms with Gasteiger partial charge in [0.2, 0.25) is 0 Å². The van der Waals surface area contributed by atoms with Crippen LogP contribution in [-0.2, 0) is 6.18 Å². The van der Waals surface area contributed by atoms with Gasteiger partial charge < -0.3 is 4.90 Å². The van der Waals surface area contributed by atoms with E-state index in [1.807, 2.05) is 6.92 Å². The molecule has 0 N–H and O–H groups in total. The number of likely N-dealkylation sites (tertiary alicyclic amines) is 1. The molecule has 1 fully saturated rings. The van der Waals surface area contributed by atoms with E-state index < -0.39 is 17.8 Å². The van der Waals surface area contributed by atoms with Crippen LogP contribution < -0.4 is 0 Å². The SMILES string of the molecule is C[C@H]1CCCCN1C(=O)c1nn2c(C(F)(F)F)cc(-c3cccs3)nc2c1Cl. The first-order valence-electron chi connectivity index (χ1n) is 8.78. The summed E-state index contributed by atoms with van der Waals surface area (Å²) in [5.74, 6) is -0.464. The van der Waals surface area contributed by atoms with Crippen molar-refractivity contribution in [3.05, 3.63) is 40.0 Å². The van der Waals surface area contributed by atoms with Crippen LogP contribution in [0.15, 0.2) is 23.6 Å². The van der Waals surface area contributed by atoms with E-state index in [1.165, 1.54) is 11.3 Å². The summed E-state index contributed by atoms with van der Waals surface area (Å²) in [6.07, 6.45) is -1.99. The lowest BCUT2D eigenvalue weighted by Crippen LogP contribution is -2.42. The Labute approximate surface area is 167 Å². The molecule has 10 heteroatoms. The zero-order chi connectivity index (χ0) is 20.1. The molecule has 3 aromatic rings. The van der Waals surface area contributed by atoms with Gasteiger partial charge in [-0.3, -0.25) is 4.79 Å². The van der Waals surface area contributed by atoms with Crippen molar-refractivity contribution < 1.29 is 18.0 Å². The van der Waals surface area contributed by atoms with Crippen molar-refractivity contribution >= 4 is 34.5 Å². The van der Waals surface area contributed by atoms with Gasteiger partial charge >= 0.3 is 6.18 Å². The highest BCUT2D eigenvalue weighted by Crippen LogP contribution is 2.36. The Bertz CT molecular complexity index is 1030. The molecule has 0 saturated carbocycles. The average Bonchev–Trinajstić information content (AvgIpc) is 3.29. The third kappa shape index (κ3) is 3.26. The number of hydrogen-bond acceptors (Lipinski definition) is 4. The monoisotopic (exact) mass is 428 g/mol. The van der Waals surface area contributed by atoms with Crippen LogP contribution in [0.1, 0.15) is 42.4 Å². The minimum Gasteiger partial charge on any atom is -0.335 e. The fourth-order valence-corrected chi connectivity index (χ4v) is 4.34. The standard InChI is InChI=1S/C18H16ClF3N4OS/c1-10-5-2-3-7-25(10)17(27)15-14(19)16-23-11(12-6-4-8-28-12)9-13(18(20,21)22)26(16)24-15/h4,6,8-10H,2-3,5,7H2,1H3/t10-/m0/s1. The van der Waals surface area contributed by atoms with Gasteiger partial charge in [-0.25, -0.2) is 9.50 Å². The Kier molecular flexibility index (Phi) is 4.83. The van der Waals surface area contributed by atoms with Crippen LogP contribution in [0.4, 0.5) is 13.2 Å². The van der Waals surface area contributed by atoms with Crippen molar-refractivity contribution in [1.82, 2.24) is 19.5 Å². The van der Waals surface area contributed by atoms with Crippen LogP contribution in [-0.4, -0.2) is 38.0 Å². The summed E-state index contributed by atoms with van der Waals surface area (Å²) in [5.41, 5.74) is -1.25. The summed E-state index contributed by atoms with van der Waals surface area (Å²) in [7, 11) is 0. The maximum absolute atomic E-state index is 13.7. The van der Waals surface area contributed by atoms with Gasteiger partial charge in [-0.05, 0) is 43.7 Å². The Morgan fingerprint density at radius 2 is 2.14 bits per heavy atom. The van der Waals surface area contributed by atoms with Gasteiger partial charge in [0.1, 0.15) is 5.02 Å². The second-order valence-corrected chi connectivity index (χ2v) is 8.07. The first kappa shape index (κ1) is 19.2. The number of alkyl halides is 3. The van der Waals surface area contributed by atoms with E-state index in [4.69, 9.17) is 11.6 Å². The number of amides is 1. The summed E-state index contributed by atoms with van der Waals surface area (Å²) < 4.78 is 41.7. The first-order valence-corrected chi connectivity index (χ1v) is 10.0. The second kappa shape index (κ2) is 7.04. The van der Waals surface area contributed by atoms with E-state index in [0.29, 0.717) is 15.9 Å². The molecule has 5 nitrogen and oxygen atoms in total. The van der Waals surface area contributed by atoms with Gasteiger partial charge in [-0.2, -0.15) is 18.3 Å². The fraction of sp³-hybridized carbons (Fsp3) is 0.389. The Morgan fingerprint density at radius 3 is 2.79 bits per heavy atom. The molecule has 0 aliphatic carbocycles. The molecule has 1 saturated heterocycles. The maximum Gasteiger partial charge on any atom is 0.433 e. The summed E-state index contributed by atoms with van der Waals surface area (Å²) in [6.45, 7) is 2.44. The van der Waals surface area contributed by atoms with Gasteiger partial charge in [0, 0.05) is 12.6 Å². The summed E-state index contributed by atoms with van der Waals surface area (Å²) in [4.78, 5) is 19.4. The number of hydrogen-bond donors (Lipinski definition) is 0. The lowest BCUT2D eigenvalue weighted by Gasteiger charge is -2.32. The van der Waals surface area contributed by atoms with Crippen LogP contribution in [0, 0.1) is 0 Å². The van der Waals surface area contributed by atoms with E-state index in [9.17, 15) is 18.0 Å². The van der Waals surface area contributed by atoms with Crippen LogP contribution in [0.2, 0.25) is 5.02 Å². The number of fused-ring (bicyclic) bond motifs is 1. The summed E-state index contributed by atoms with van der Waals surface area (Å²) in [6, 6.07) is 4.32. The number of halogens is 4. The smallest absolute Gasteiger partial charge is 0.335 e. The molecule has 1 aliphatic heterocycles. The maximum atomic E-state index is 13.7. The number of rotatable bonds is 2.